The van der Waals surface area contributed by atoms with Crippen LogP contribution in [-0.4, -0.2) is 40.2 Å². The van der Waals surface area contributed by atoms with E-state index in [0.29, 0.717) is 40.1 Å². The van der Waals surface area contributed by atoms with E-state index in [4.69, 9.17) is 9.47 Å². The number of carbonyl (C=O) groups excluding carboxylic acids is 2. The van der Waals surface area contributed by atoms with Gasteiger partial charge in [0.05, 0.1) is 34.8 Å². The van der Waals surface area contributed by atoms with Crippen LogP contribution < -0.4 is 4.74 Å². The summed E-state index contributed by atoms with van der Waals surface area (Å²) in [7, 11) is 1.55. The molecule has 0 unspecified atom stereocenters. The van der Waals surface area contributed by atoms with Crippen molar-refractivity contribution in [2.24, 2.45) is 0 Å². The Morgan fingerprint density at radius 3 is 2.63 bits per heavy atom. The normalized spacial score (nSPS) is 10.9. The lowest BCUT2D eigenvalue weighted by Crippen LogP contribution is -2.15. The Balaban J connectivity index is 1.60. The number of aryl methyl sites for hydroxylation is 1. The Labute approximate surface area is 176 Å². The molecule has 0 atom stereocenters. The van der Waals surface area contributed by atoms with Gasteiger partial charge < -0.3 is 9.47 Å². The first-order chi connectivity index (χ1) is 14.6. The van der Waals surface area contributed by atoms with Crippen LogP contribution in [0, 0.1) is 0 Å². The predicted octanol–water partition coefficient (Wildman–Crippen LogP) is 4.23. The zero-order chi connectivity index (χ0) is 21.1. The summed E-state index contributed by atoms with van der Waals surface area (Å²) in [6.45, 7) is 2.22. The highest BCUT2D eigenvalue weighted by molar-refractivity contribution is 7.13. The summed E-state index contributed by atoms with van der Waals surface area (Å²) < 4.78 is 12.2. The van der Waals surface area contributed by atoms with Gasteiger partial charge in [-0.2, -0.15) is 5.10 Å². The van der Waals surface area contributed by atoms with Gasteiger partial charge >= 0.3 is 5.97 Å². The molecule has 0 fully saturated rings. The lowest BCUT2D eigenvalue weighted by molar-refractivity contribution is 0.0476. The maximum Gasteiger partial charge on any atom is 0.339 e. The first-order valence-electron chi connectivity index (χ1n) is 9.35. The Morgan fingerprint density at radius 1 is 1.17 bits per heavy atom. The number of hydrogen-bond donors (Lipinski definition) is 0. The summed E-state index contributed by atoms with van der Waals surface area (Å²) in [4.78, 5) is 30.9. The minimum atomic E-state index is -0.585. The molecule has 0 N–H and O–H groups in total. The molecule has 0 aliphatic rings. The van der Waals surface area contributed by atoms with E-state index in [9.17, 15) is 9.59 Å². The first kappa shape index (κ1) is 19.8. The maximum absolute atomic E-state index is 12.9. The van der Waals surface area contributed by atoms with Gasteiger partial charge in [0.25, 0.3) is 0 Å². The van der Waals surface area contributed by atoms with Gasteiger partial charge in [-0.15, -0.1) is 11.3 Å². The smallest absolute Gasteiger partial charge is 0.339 e. The van der Waals surface area contributed by atoms with E-state index >= 15 is 0 Å². The van der Waals surface area contributed by atoms with E-state index in [1.165, 1.54) is 11.3 Å². The summed E-state index contributed by atoms with van der Waals surface area (Å²) in [5.74, 6) is -0.228. The summed E-state index contributed by atoms with van der Waals surface area (Å²) in [6, 6.07) is 12.2. The molecular weight excluding hydrogens is 402 g/mol. The number of benzene rings is 1. The fourth-order valence-corrected chi connectivity index (χ4v) is 3.75. The number of ether oxygens (including phenoxy) is 2. The first-order valence-corrected chi connectivity index (χ1v) is 10.2. The summed E-state index contributed by atoms with van der Waals surface area (Å²) in [5, 5.41) is 6.85. The van der Waals surface area contributed by atoms with E-state index in [1.54, 1.807) is 48.3 Å². The van der Waals surface area contributed by atoms with Crippen molar-refractivity contribution in [1.82, 2.24) is 14.8 Å². The van der Waals surface area contributed by atoms with Gasteiger partial charge in [-0.05, 0) is 48.7 Å². The van der Waals surface area contributed by atoms with Crippen molar-refractivity contribution in [2.75, 3.05) is 13.7 Å². The molecule has 4 rings (SSSR count). The third-order valence-corrected chi connectivity index (χ3v) is 5.54. The van der Waals surface area contributed by atoms with Gasteiger partial charge in [-0.3, -0.25) is 4.79 Å². The van der Waals surface area contributed by atoms with Crippen molar-refractivity contribution < 1.29 is 19.1 Å². The molecule has 0 spiro atoms. The van der Waals surface area contributed by atoms with Gasteiger partial charge in [0.15, 0.2) is 18.0 Å². The number of hydrogen-bond acceptors (Lipinski definition) is 7. The standard InChI is InChI=1S/C22H19N3O4S/c1-3-25-21-17(12-23-25)16(11-18(24-21)20-5-4-10-30-20)22(27)29-13-19(26)14-6-8-15(28-2)9-7-14/h4-12H,3,13H2,1-2H3. The Hall–Kier alpha value is -3.52. The van der Waals surface area contributed by atoms with Crippen LogP contribution in [0.5, 0.6) is 5.75 Å². The van der Waals surface area contributed by atoms with Crippen molar-refractivity contribution in [3.05, 3.63) is 65.2 Å². The van der Waals surface area contributed by atoms with E-state index in [0.717, 1.165) is 4.88 Å². The second-order valence-electron chi connectivity index (χ2n) is 6.46. The highest BCUT2D eigenvalue weighted by Crippen LogP contribution is 2.28. The fourth-order valence-electron chi connectivity index (χ4n) is 3.07. The number of carbonyl (C=O) groups is 2. The number of esters is 1. The quantitative estimate of drug-likeness (QED) is 0.328. The van der Waals surface area contributed by atoms with Crippen molar-refractivity contribution in [3.8, 4) is 16.3 Å². The second-order valence-corrected chi connectivity index (χ2v) is 7.41. The molecule has 0 saturated carbocycles. The lowest BCUT2D eigenvalue weighted by Gasteiger charge is -2.08. The average Bonchev–Trinajstić information content (AvgIpc) is 3.46. The predicted molar refractivity (Wildman–Crippen MR) is 114 cm³/mol. The van der Waals surface area contributed by atoms with Crippen LogP contribution in [0.3, 0.4) is 0 Å². The molecule has 0 radical (unpaired) electrons. The second kappa shape index (κ2) is 8.46. The number of fused-ring (bicyclic) bond motifs is 1. The van der Waals surface area contributed by atoms with Crippen LogP contribution >= 0.6 is 11.3 Å². The highest BCUT2D eigenvalue weighted by atomic mass is 32.1. The fraction of sp³-hybridized carbons (Fsp3) is 0.182. The zero-order valence-corrected chi connectivity index (χ0v) is 17.3. The molecule has 3 heterocycles. The summed E-state index contributed by atoms with van der Waals surface area (Å²) in [6.07, 6.45) is 1.60. The molecule has 0 saturated heterocycles. The van der Waals surface area contributed by atoms with Crippen molar-refractivity contribution >= 4 is 34.1 Å². The number of pyridine rings is 1. The molecule has 3 aromatic heterocycles. The van der Waals surface area contributed by atoms with E-state index in [-0.39, 0.29) is 12.4 Å². The number of aromatic nitrogens is 3. The number of Topliss-reactive ketones (excluding diaryl/α,β-unsaturated/α-hetero) is 1. The molecule has 0 amide bonds. The largest absolute Gasteiger partial charge is 0.497 e. The molecule has 0 aliphatic heterocycles. The Bertz CT molecular complexity index is 1200. The van der Waals surface area contributed by atoms with Crippen LogP contribution in [0.2, 0.25) is 0 Å². The van der Waals surface area contributed by atoms with Crippen LogP contribution in [0.1, 0.15) is 27.6 Å². The molecule has 0 aliphatic carbocycles. The Kier molecular flexibility index (Phi) is 5.58. The van der Waals surface area contributed by atoms with Crippen LogP contribution in [0.4, 0.5) is 0 Å². The van der Waals surface area contributed by atoms with Gasteiger partial charge in [0, 0.05) is 12.1 Å². The molecule has 7 nitrogen and oxygen atoms in total. The number of rotatable bonds is 7. The highest BCUT2D eigenvalue weighted by Gasteiger charge is 2.20. The van der Waals surface area contributed by atoms with Gasteiger partial charge in [-0.1, -0.05) is 6.07 Å². The molecule has 0 bridgehead atoms. The molecular formula is C22H19N3O4S. The number of ketones is 1. The van der Waals surface area contributed by atoms with E-state index in [2.05, 4.69) is 10.1 Å². The van der Waals surface area contributed by atoms with Crippen molar-refractivity contribution in [3.63, 3.8) is 0 Å². The molecule has 4 aromatic rings. The third kappa shape index (κ3) is 3.81. The SMILES string of the molecule is CCn1ncc2c(C(=O)OCC(=O)c3ccc(OC)cc3)cc(-c3cccs3)nc21. The maximum atomic E-state index is 12.9. The number of thiophene rings is 1. The zero-order valence-electron chi connectivity index (χ0n) is 16.5. The van der Waals surface area contributed by atoms with Crippen LogP contribution in [-0.2, 0) is 11.3 Å². The van der Waals surface area contributed by atoms with Gasteiger partial charge in [-0.25, -0.2) is 14.5 Å². The van der Waals surface area contributed by atoms with Crippen molar-refractivity contribution in [2.45, 2.75) is 13.5 Å². The van der Waals surface area contributed by atoms with Crippen molar-refractivity contribution in [1.29, 1.82) is 0 Å². The monoisotopic (exact) mass is 421 g/mol. The van der Waals surface area contributed by atoms with E-state index < -0.39 is 5.97 Å². The Morgan fingerprint density at radius 2 is 1.97 bits per heavy atom. The lowest BCUT2D eigenvalue weighted by atomic mass is 10.1. The average molecular weight is 421 g/mol. The number of methoxy groups -OCH3 is 1. The molecule has 1 aromatic carbocycles. The third-order valence-electron chi connectivity index (χ3n) is 4.65. The minimum Gasteiger partial charge on any atom is -0.497 e. The number of nitrogens with zero attached hydrogens (tertiary/aromatic N) is 3. The molecule has 8 heteroatoms. The molecule has 30 heavy (non-hydrogen) atoms. The molecule has 152 valence electrons. The van der Waals surface area contributed by atoms with E-state index in [1.807, 2.05) is 24.4 Å². The van der Waals surface area contributed by atoms with Gasteiger partial charge in [0.1, 0.15) is 5.75 Å². The summed E-state index contributed by atoms with van der Waals surface area (Å²) >= 11 is 1.53. The summed E-state index contributed by atoms with van der Waals surface area (Å²) in [5.41, 5.74) is 2.06. The van der Waals surface area contributed by atoms with Crippen LogP contribution in [0.15, 0.2) is 54.0 Å². The minimum absolute atomic E-state index is 0.293. The van der Waals surface area contributed by atoms with Gasteiger partial charge in [0.2, 0.25) is 0 Å². The van der Waals surface area contributed by atoms with Crippen LogP contribution in [0.25, 0.3) is 21.6 Å². The topological polar surface area (TPSA) is 83.3 Å².